The van der Waals surface area contributed by atoms with Gasteiger partial charge in [-0.1, -0.05) is 6.07 Å². The lowest BCUT2D eigenvalue weighted by atomic mass is 10.1. The molecular weight excluding hydrogens is 698 g/mol. The zero-order valence-electron chi connectivity index (χ0n) is 28.8. The van der Waals surface area contributed by atoms with Gasteiger partial charge in [0.2, 0.25) is 11.1 Å². The van der Waals surface area contributed by atoms with Gasteiger partial charge in [-0.15, -0.1) is 0 Å². The number of aromatic amines is 1. The molecule has 0 amide bonds. The average Bonchev–Trinajstić information content (AvgIpc) is 4.00. The Kier molecular flexibility index (Phi) is 7.79. The van der Waals surface area contributed by atoms with Crippen molar-refractivity contribution in [2.45, 2.75) is 24.9 Å². The topological polar surface area (TPSA) is 193 Å². The normalized spacial score (nSPS) is 17.4. The average molecular weight is 732 g/mol. The Bertz CT molecular complexity index is 2540. The molecule has 0 spiro atoms. The van der Waals surface area contributed by atoms with Gasteiger partial charge in [-0.2, -0.15) is 4.98 Å². The second-order valence-electron chi connectivity index (χ2n) is 13.4. The molecule has 53 heavy (non-hydrogen) atoms. The molecule has 0 radical (unpaired) electrons. The minimum absolute atomic E-state index is 0.0883. The third-order valence-electron chi connectivity index (χ3n) is 10.5. The molecule has 0 aliphatic carbocycles. The number of aromatic nitrogens is 9. The van der Waals surface area contributed by atoms with Crippen molar-refractivity contribution in [1.29, 1.82) is 0 Å². The molecule has 2 aliphatic heterocycles. The molecule has 17 nitrogen and oxygen atoms in total. The van der Waals surface area contributed by atoms with Crippen LogP contribution in [-0.4, -0.2) is 102 Å². The van der Waals surface area contributed by atoms with Gasteiger partial charge in [-0.25, -0.2) is 29.9 Å². The molecule has 0 saturated carbocycles. The number of nitrogens with one attached hydrogen (secondary N) is 1. The van der Waals surface area contributed by atoms with Gasteiger partial charge in [0, 0.05) is 76.2 Å². The number of likely N-dealkylation sites (N-methyl/N-ethyl adjacent to an activating group) is 2. The van der Waals surface area contributed by atoms with Crippen molar-refractivity contribution in [3.63, 3.8) is 0 Å². The van der Waals surface area contributed by atoms with E-state index < -0.39 is 4.92 Å². The predicted octanol–water partition coefficient (Wildman–Crippen LogP) is 4.60. The molecular formula is C35H34ClN15O2. The number of H-pyrrole nitrogens is 1. The molecule has 2 aliphatic rings. The van der Waals surface area contributed by atoms with Crippen LogP contribution in [0.1, 0.15) is 12.8 Å². The quantitative estimate of drug-likeness (QED) is 0.125. The maximum absolute atomic E-state index is 11.2. The van der Waals surface area contributed by atoms with Gasteiger partial charge in [-0.05, 0) is 54.8 Å². The maximum Gasteiger partial charge on any atom is 0.311 e. The van der Waals surface area contributed by atoms with Gasteiger partial charge in [0.1, 0.15) is 52.7 Å². The second kappa shape index (κ2) is 12.7. The van der Waals surface area contributed by atoms with E-state index >= 15 is 0 Å². The fourth-order valence-corrected chi connectivity index (χ4v) is 7.89. The Labute approximate surface area is 307 Å². The lowest BCUT2D eigenvalue weighted by Gasteiger charge is -2.27. The van der Waals surface area contributed by atoms with E-state index in [4.69, 9.17) is 37.3 Å². The van der Waals surface area contributed by atoms with Crippen molar-refractivity contribution in [3.8, 4) is 5.69 Å². The highest BCUT2D eigenvalue weighted by atomic mass is 35.5. The summed E-state index contributed by atoms with van der Waals surface area (Å²) in [7, 11) is 3.98. The molecule has 2 saturated heterocycles. The Hall–Kier alpha value is -6.36. The molecule has 7 aromatic rings. The second-order valence-corrected chi connectivity index (χ2v) is 13.7. The summed E-state index contributed by atoms with van der Waals surface area (Å²) in [5.74, 6) is 2.97. The fraction of sp³-hybridized carbons (Fsp3) is 0.286. The summed E-state index contributed by atoms with van der Waals surface area (Å²) in [5, 5.41) is 14.2. The highest BCUT2D eigenvalue weighted by molar-refractivity contribution is 6.29. The molecule has 18 heteroatoms. The monoisotopic (exact) mass is 731 g/mol. The molecule has 0 bridgehead atoms. The summed E-state index contributed by atoms with van der Waals surface area (Å²) in [6, 6.07) is 13.4. The largest absolute Gasteiger partial charge is 0.378 e. The van der Waals surface area contributed by atoms with E-state index in [0.29, 0.717) is 17.9 Å². The highest BCUT2D eigenvalue weighted by Gasteiger charge is 2.32. The van der Waals surface area contributed by atoms with Gasteiger partial charge >= 0.3 is 5.69 Å². The van der Waals surface area contributed by atoms with Crippen molar-refractivity contribution >= 4 is 79.3 Å². The number of benzene rings is 1. The van der Waals surface area contributed by atoms with Crippen LogP contribution in [0.2, 0.25) is 5.28 Å². The maximum atomic E-state index is 11.2. The van der Waals surface area contributed by atoms with Crippen molar-refractivity contribution in [1.82, 2.24) is 44.4 Å². The minimum Gasteiger partial charge on any atom is -0.378 e. The van der Waals surface area contributed by atoms with Crippen LogP contribution in [0.3, 0.4) is 0 Å². The first kappa shape index (κ1) is 32.5. The highest BCUT2D eigenvalue weighted by Crippen LogP contribution is 2.36. The summed E-state index contributed by atoms with van der Waals surface area (Å²) in [5.41, 5.74) is 8.78. The summed E-state index contributed by atoms with van der Waals surface area (Å²) in [6.07, 6.45) is 8.81. The standard InChI is InChI=1S/C35H34ClN15O2/c1-46(27-7-6-26(51(52)53)29(37)43-27)20-9-13-49(16-20)32-24-11-15-50(33(24)42-19-41-32)25-5-3-4-22-28(25)44-35(36)45-34(22)47(2)21-10-14-48(17-21)31-23-8-12-38-30(23)39-18-40-31/h3-8,11-12,15,18-21H,9-10,13-14,16-17H2,1-2H3,(H2,37,43)(H,38,39,40)/t20-,21-/m1/s1. The first-order chi connectivity index (χ1) is 25.7. The fourth-order valence-electron chi connectivity index (χ4n) is 7.72. The molecule has 6 aromatic heterocycles. The number of rotatable bonds is 8. The van der Waals surface area contributed by atoms with Crippen LogP contribution in [0.25, 0.3) is 38.7 Å². The summed E-state index contributed by atoms with van der Waals surface area (Å²) in [6.45, 7) is 3.05. The van der Waals surface area contributed by atoms with Crippen LogP contribution in [0.5, 0.6) is 0 Å². The van der Waals surface area contributed by atoms with Crippen LogP contribution in [-0.2, 0) is 0 Å². The van der Waals surface area contributed by atoms with Crippen molar-refractivity contribution in [3.05, 3.63) is 82.9 Å². The zero-order chi connectivity index (χ0) is 36.4. The first-order valence-electron chi connectivity index (χ1n) is 17.2. The van der Waals surface area contributed by atoms with E-state index in [1.54, 1.807) is 18.7 Å². The van der Waals surface area contributed by atoms with E-state index in [1.807, 2.05) is 59.2 Å². The Morgan fingerprint density at radius 2 is 1.60 bits per heavy atom. The molecule has 3 N–H and O–H groups in total. The number of nitro groups is 1. The van der Waals surface area contributed by atoms with Crippen LogP contribution >= 0.6 is 11.6 Å². The summed E-state index contributed by atoms with van der Waals surface area (Å²) in [4.78, 5) is 54.8. The third kappa shape index (κ3) is 5.51. The number of hydrogen-bond acceptors (Lipinski definition) is 14. The summed E-state index contributed by atoms with van der Waals surface area (Å²) < 4.78 is 2.02. The van der Waals surface area contributed by atoms with Crippen LogP contribution in [0, 0.1) is 10.1 Å². The predicted molar refractivity (Wildman–Crippen MR) is 204 cm³/mol. The number of hydrogen-bond donors (Lipinski definition) is 2. The van der Waals surface area contributed by atoms with Gasteiger partial charge in [0.05, 0.1) is 21.4 Å². The number of nitrogens with zero attached hydrogens (tertiary/aromatic N) is 13. The van der Waals surface area contributed by atoms with Gasteiger partial charge in [0.15, 0.2) is 0 Å². The van der Waals surface area contributed by atoms with Crippen LogP contribution < -0.4 is 25.3 Å². The van der Waals surface area contributed by atoms with E-state index in [9.17, 15) is 10.1 Å². The minimum atomic E-state index is -0.528. The molecule has 9 rings (SSSR count). The Morgan fingerprint density at radius 1 is 0.868 bits per heavy atom. The molecule has 2 fully saturated rings. The zero-order valence-corrected chi connectivity index (χ0v) is 29.6. The Morgan fingerprint density at radius 3 is 2.36 bits per heavy atom. The first-order valence-corrected chi connectivity index (χ1v) is 17.6. The van der Waals surface area contributed by atoms with Crippen molar-refractivity contribution < 1.29 is 4.92 Å². The van der Waals surface area contributed by atoms with Gasteiger partial charge < -0.3 is 30.3 Å². The van der Waals surface area contributed by atoms with Crippen LogP contribution in [0.4, 0.5) is 34.8 Å². The SMILES string of the molecule is CN(c1ccc([N+](=O)[O-])c(N)n1)[C@@H]1CCN(c2ncnc3c2ccn3-c2cccc3c(N(C)[C@@H]4CCN(c5ncnc6[nH]ccc56)C4)nc(Cl)nc23)C1. The van der Waals surface area contributed by atoms with Gasteiger partial charge in [0.25, 0.3) is 0 Å². The molecule has 1 aromatic carbocycles. The molecule has 2 atom stereocenters. The Balaban J connectivity index is 0.995. The van der Waals surface area contributed by atoms with Crippen molar-refractivity contribution in [2.24, 2.45) is 0 Å². The van der Waals surface area contributed by atoms with E-state index in [-0.39, 0.29) is 28.9 Å². The molecule has 268 valence electrons. The van der Waals surface area contributed by atoms with E-state index in [0.717, 1.165) is 83.1 Å². The lowest BCUT2D eigenvalue weighted by Crippen LogP contribution is -2.35. The van der Waals surface area contributed by atoms with E-state index in [2.05, 4.69) is 41.7 Å². The number of nitrogen functional groups attached to an aromatic ring is 1. The number of halogens is 1. The van der Waals surface area contributed by atoms with Crippen molar-refractivity contribution in [2.75, 3.05) is 65.6 Å². The molecule has 8 heterocycles. The number of pyridine rings is 1. The van der Waals surface area contributed by atoms with Gasteiger partial charge in [-0.3, -0.25) is 14.7 Å². The number of anilines is 5. The number of para-hydroxylation sites is 1. The smallest absolute Gasteiger partial charge is 0.311 e. The number of fused-ring (bicyclic) bond motifs is 3. The number of nitrogens with two attached hydrogens (primary N) is 1. The molecule has 0 unspecified atom stereocenters. The third-order valence-corrected chi connectivity index (χ3v) is 10.7. The van der Waals surface area contributed by atoms with E-state index in [1.165, 1.54) is 6.07 Å². The summed E-state index contributed by atoms with van der Waals surface area (Å²) >= 11 is 6.66. The van der Waals surface area contributed by atoms with Crippen LogP contribution in [0.15, 0.2) is 67.5 Å². The lowest BCUT2D eigenvalue weighted by molar-refractivity contribution is -0.384.